The lowest BCUT2D eigenvalue weighted by Crippen LogP contribution is -2.34. The number of nitrogens with zero attached hydrogens (tertiary/aromatic N) is 2. The van der Waals surface area contributed by atoms with Gasteiger partial charge in [0, 0.05) is 12.8 Å². The molecule has 1 N–H and O–H groups in total. The number of carbonyl (C=O) groups is 2. The molecular weight excluding hydrogens is 354 g/mol. The smallest absolute Gasteiger partial charge is 0.328 e. The first-order valence-electron chi connectivity index (χ1n) is 9.42. The number of halogens is 1. The first-order valence-corrected chi connectivity index (χ1v) is 9.80. The van der Waals surface area contributed by atoms with E-state index in [1.165, 1.54) is 33.3 Å². The molecule has 0 radical (unpaired) electrons. The third-order valence-electron chi connectivity index (χ3n) is 5.23. The van der Waals surface area contributed by atoms with Crippen LogP contribution in [-0.2, 0) is 9.53 Å². The van der Waals surface area contributed by atoms with Crippen LogP contribution in [0.5, 0.6) is 0 Å². The summed E-state index contributed by atoms with van der Waals surface area (Å²) in [6.45, 7) is 1.44. The summed E-state index contributed by atoms with van der Waals surface area (Å²) in [5.41, 5.74) is 0.215. The van der Waals surface area contributed by atoms with Crippen molar-refractivity contribution in [2.24, 2.45) is 5.92 Å². The summed E-state index contributed by atoms with van der Waals surface area (Å²) in [6.07, 6.45) is 8.62. The van der Waals surface area contributed by atoms with Crippen LogP contribution in [0.2, 0.25) is 5.02 Å². The van der Waals surface area contributed by atoms with Gasteiger partial charge in [-0.15, -0.1) is 0 Å². The maximum Gasteiger partial charge on any atom is 0.328 e. The Labute approximate surface area is 159 Å². The van der Waals surface area contributed by atoms with Crippen molar-refractivity contribution in [1.29, 1.82) is 0 Å². The highest BCUT2D eigenvalue weighted by Gasteiger charge is 2.31. The highest BCUT2D eigenvalue weighted by atomic mass is 35.5. The monoisotopic (exact) mass is 379 g/mol. The Balaban J connectivity index is 1.84. The molecule has 3 rings (SSSR count). The molecule has 26 heavy (non-hydrogen) atoms. The minimum atomic E-state index is -0.526. The van der Waals surface area contributed by atoms with Gasteiger partial charge in [0.15, 0.2) is 5.78 Å². The molecular formula is C19H26ClN3O3. The molecule has 2 saturated carbocycles. The number of methoxy groups -OCH3 is 1. The summed E-state index contributed by atoms with van der Waals surface area (Å²) in [4.78, 5) is 33.1. The van der Waals surface area contributed by atoms with Gasteiger partial charge in [-0.05, 0) is 25.2 Å². The maximum atomic E-state index is 12.3. The Morgan fingerprint density at radius 1 is 1.19 bits per heavy atom. The molecule has 0 saturated heterocycles. The third-order valence-corrected chi connectivity index (χ3v) is 5.59. The van der Waals surface area contributed by atoms with Crippen LogP contribution in [0.4, 0.5) is 5.82 Å². The predicted molar refractivity (Wildman–Crippen MR) is 99.6 cm³/mol. The van der Waals surface area contributed by atoms with Crippen LogP contribution in [0.15, 0.2) is 0 Å². The van der Waals surface area contributed by atoms with E-state index in [9.17, 15) is 9.59 Å². The Morgan fingerprint density at radius 2 is 1.88 bits per heavy atom. The molecule has 1 heterocycles. The van der Waals surface area contributed by atoms with Crippen molar-refractivity contribution in [1.82, 2.24) is 9.97 Å². The normalized spacial score (nSPS) is 19.0. The molecule has 0 aromatic carbocycles. The number of ketones is 1. The van der Waals surface area contributed by atoms with Gasteiger partial charge in [0.2, 0.25) is 0 Å². The van der Waals surface area contributed by atoms with Crippen LogP contribution in [0.3, 0.4) is 0 Å². The minimum Gasteiger partial charge on any atom is -0.467 e. The molecule has 142 valence electrons. The Kier molecular flexibility index (Phi) is 6.12. The molecule has 1 atom stereocenters. The van der Waals surface area contributed by atoms with Gasteiger partial charge < -0.3 is 10.1 Å². The largest absolute Gasteiger partial charge is 0.467 e. The zero-order valence-electron chi connectivity index (χ0n) is 15.4. The van der Waals surface area contributed by atoms with Crippen molar-refractivity contribution >= 4 is 29.2 Å². The number of aromatic nitrogens is 2. The molecule has 6 nitrogen and oxygen atoms in total. The van der Waals surface area contributed by atoms with Crippen molar-refractivity contribution < 1.29 is 14.3 Å². The Morgan fingerprint density at radius 3 is 2.46 bits per heavy atom. The number of hydrogen-bond acceptors (Lipinski definition) is 6. The summed E-state index contributed by atoms with van der Waals surface area (Å²) < 4.78 is 4.98. The van der Waals surface area contributed by atoms with Crippen LogP contribution < -0.4 is 5.32 Å². The lowest BCUT2D eigenvalue weighted by Gasteiger charge is -2.26. The van der Waals surface area contributed by atoms with Crippen LogP contribution in [0, 0.1) is 5.92 Å². The molecule has 0 aliphatic heterocycles. The molecule has 2 fully saturated rings. The van der Waals surface area contributed by atoms with E-state index in [0.29, 0.717) is 24.0 Å². The quantitative estimate of drug-likeness (QED) is 0.566. The molecule has 0 amide bonds. The minimum absolute atomic E-state index is 0.180. The van der Waals surface area contributed by atoms with Crippen molar-refractivity contribution in [2.45, 2.75) is 70.3 Å². The fourth-order valence-corrected chi connectivity index (χ4v) is 3.87. The number of rotatable bonds is 7. The average Bonchev–Trinajstić information content (AvgIpc) is 3.47. The highest BCUT2D eigenvalue weighted by molar-refractivity contribution is 6.35. The van der Waals surface area contributed by atoms with Crippen LogP contribution >= 0.6 is 11.6 Å². The van der Waals surface area contributed by atoms with Crippen molar-refractivity contribution in [2.75, 3.05) is 12.4 Å². The van der Waals surface area contributed by atoms with Crippen molar-refractivity contribution in [3.05, 3.63) is 16.5 Å². The number of nitrogens with one attached hydrogen (secondary N) is 1. The lowest BCUT2D eigenvalue weighted by atomic mass is 9.85. The van der Waals surface area contributed by atoms with Gasteiger partial charge in [-0.25, -0.2) is 14.8 Å². The van der Waals surface area contributed by atoms with Gasteiger partial charge in [-0.1, -0.05) is 43.7 Å². The Hall–Kier alpha value is -1.69. The lowest BCUT2D eigenvalue weighted by molar-refractivity contribution is -0.142. The van der Waals surface area contributed by atoms with Gasteiger partial charge >= 0.3 is 5.97 Å². The second-order valence-electron chi connectivity index (χ2n) is 7.38. The molecule has 2 aliphatic carbocycles. The number of esters is 1. The summed E-state index contributed by atoms with van der Waals surface area (Å²) in [5.74, 6) is 1.21. The van der Waals surface area contributed by atoms with Crippen LogP contribution in [0.1, 0.15) is 80.5 Å². The van der Waals surface area contributed by atoms with Gasteiger partial charge in [0.05, 0.1) is 7.11 Å². The zero-order chi connectivity index (χ0) is 18.7. The fourth-order valence-electron chi connectivity index (χ4n) is 3.59. The van der Waals surface area contributed by atoms with E-state index < -0.39 is 6.04 Å². The standard InChI is InChI=1S/C19H26ClN3O3/c1-11(24)16-15(20)18(23-17(22-16)13-8-9-13)21-14(19(25)26-2)10-12-6-4-3-5-7-12/h12-14H,3-10H2,1-2H3,(H,21,22,23). The second kappa shape index (κ2) is 8.33. The van der Waals surface area contributed by atoms with Crippen molar-refractivity contribution in [3.63, 3.8) is 0 Å². The van der Waals surface area contributed by atoms with E-state index in [1.807, 2.05) is 0 Å². The average molecular weight is 380 g/mol. The Bertz CT molecular complexity index is 685. The van der Waals surface area contributed by atoms with E-state index in [2.05, 4.69) is 15.3 Å². The predicted octanol–water partition coefficient (Wildman–Crippen LogP) is 4.13. The molecule has 0 bridgehead atoms. The topological polar surface area (TPSA) is 81.2 Å². The molecule has 1 aromatic rings. The van der Waals surface area contributed by atoms with Crippen LogP contribution in [0.25, 0.3) is 0 Å². The first-order chi connectivity index (χ1) is 12.5. The van der Waals surface area contributed by atoms with E-state index >= 15 is 0 Å². The number of carbonyl (C=O) groups excluding carboxylic acids is 2. The van der Waals surface area contributed by atoms with Crippen LogP contribution in [-0.4, -0.2) is 34.9 Å². The van der Waals surface area contributed by atoms with Gasteiger partial charge in [0.1, 0.15) is 28.4 Å². The number of anilines is 1. The van der Waals surface area contributed by atoms with E-state index in [0.717, 1.165) is 25.7 Å². The van der Waals surface area contributed by atoms with Gasteiger partial charge in [0.25, 0.3) is 0 Å². The van der Waals surface area contributed by atoms with Crippen molar-refractivity contribution in [3.8, 4) is 0 Å². The van der Waals surface area contributed by atoms with E-state index in [4.69, 9.17) is 16.3 Å². The summed E-state index contributed by atoms with van der Waals surface area (Å²) >= 11 is 6.38. The highest BCUT2D eigenvalue weighted by Crippen LogP contribution is 2.40. The SMILES string of the molecule is COC(=O)C(CC1CCCCC1)Nc1nc(C2CC2)nc(C(C)=O)c1Cl. The number of ether oxygens (including phenoxy) is 1. The summed E-state index contributed by atoms with van der Waals surface area (Å²) in [6, 6.07) is -0.526. The molecule has 2 aliphatic rings. The molecule has 0 spiro atoms. The molecule has 1 unspecified atom stereocenters. The summed E-state index contributed by atoms with van der Waals surface area (Å²) in [5, 5.41) is 3.33. The number of hydrogen-bond donors (Lipinski definition) is 1. The van der Waals surface area contributed by atoms with E-state index in [-0.39, 0.29) is 28.4 Å². The van der Waals surface area contributed by atoms with E-state index in [1.54, 1.807) is 0 Å². The second-order valence-corrected chi connectivity index (χ2v) is 7.76. The maximum absolute atomic E-state index is 12.3. The molecule has 1 aromatic heterocycles. The van der Waals surface area contributed by atoms with Gasteiger partial charge in [-0.2, -0.15) is 0 Å². The van der Waals surface area contributed by atoms with Gasteiger partial charge in [-0.3, -0.25) is 4.79 Å². The fraction of sp³-hybridized carbons (Fsp3) is 0.684. The summed E-state index contributed by atoms with van der Waals surface area (Å²) in [7, 11) is 1.39. The number of Topliss-reactive ketones (excluding diaryl/α,β-unsaturated/α-hetero) is 1. The zero-order valence-corrected chi connectivity index (χ0v) is 16.1. The third kappa shape index (κ3) is 4.53. The first kappa shape index (κ1) is 19.1. The molecule has 7 heteroatoms.